The van der Waals surface area contributed by atoms with Crippen LogP contribution in [0.3, 0.4) is 0 Å². The molecule has 0 aromatic carbocycles. The molecular weight excluding hydrogens is 262 g/mol. The lowest BCUT2D eigenvalue weighted by molar-refractivity contribution is -0.153. The van der Waals surface area contributed by atoms with Gasteiger partial charge < -0.3 is 14.6 Å². The van der Waals surface area contributed by atoms with Crippen molar-refractivity contribution in [1.29, 1.82) is 0 Å². The topological polar surface area (TPSA) is 93.1 Å². The summed E-state index contributed by atoms with van der Waals surface area (Å²) < 4.78 is 35.2. The predicted molar refractivity (Wildman–Crippen MR) is 63.8 cm³/mol. The third kappa shape index (κ3) is 4.52. The summed E-state index contributed by atoms with van der Waals surface area (Å²) in [5.41, 5.74) is 0. The zero-order valence-corrected chi connectivity index (χ0v) is 11.4. The Morgan fingerprint density at radius 1 is 1.56 bits per heavy atom. The SMILES string of the molecule is CC(C)OCCS(=O)(=O)N1CCOC(C(=O)O)C1. The Morgan fingerprint density at radius 2 is 2.22 bits per heavy atom. The molecule has 0 aliphatic carbocycles. The van der Waals surface area contributed by atoms with Gasteiger partial charge in [-0.1, -0.05) is 0 Å². The van der Waals surface area contributed by atoms with E-state index in [9.17, 15) is 13.2 Å². The Balaban J connectivity index is 2.53. The van der Waals surface area contributed by atoms with Gasteiger partial charge >= 0.3 is 5.97 Å². The first-order valence-corrected chi connectivity index (χ1v) is 7.37. The summed E-state index contributed by atoms with van der Waals surface area (Å²) in [4.78, 5) is 10.8. The van der Waals surface area contributed by atoms with Crippen LogP contribution in [0.4, 0.5) is 0 Å². The van der Waals surface area contributed by atoms with Crippen molar-refractivity contribution in [2.24, 2.45) is 0 Å². The second kappa shape index (κ2) is 6.46. The first kappa shape index (κ1) is 15.4. The van der Waals surface area contributed by atoms with Crippen molar-refractivity contribution < 1.29 is 27.8 Å². The van der Waals surface area contributed by atoms with Gasteiger partial charge in [-0.3, -0.25) is 0 Å². The molecule has 1 saturated heterocycles. The van der Waals surface area contributed by atoms with Crippen LogP contribution in [-0.2, 0) is 24.3 Å². The zero-order chi connectivity index (χ0) is 13.8. The summed E-state index contributed by atoms with van der Waals surface area (Å²) in [7, 11) is -3.48. The molecule has 0 spiro atoms. The minimum atomic E-state index is -3.48. The summed E-state index contributed by atoms with van der Waals surface area (Å²) in [6.45, 7) is 3.90. The summed E-state index contributed by atoms with van der Waals surface area (Å²) in [6.07, 6.45) is -1.11. The Hall–Kier alpha value is -0.700. The summed E-state index contributed by atoms with van der Waals surface area (Å²) in [5, 5.41) is 8.80. The largest absolute Gasteiger partial charge is 0.479 e. The number of morpholine rings is 1. The molecule has 1 N–H and O–H groups in total. The number of carboxylic acid groups (broad SMARTS) is 1. The van der Waals surface area contributed by atoms with E-state index in [1.807, 2.05) is 13.8 Å². The van der Waals surface area contributed by atoms with Gasteiger partial charge in [0.2, 0.25) is 10.0 Å². The molecule has 0 aromatic rings. The molecular formula is C10H19NO6S. The third-order valence-electron chi connectivity index (χ3n) is 2.49. The molecule has 1 aliphatic heterocycles. The Kier molecular flexibility index (Phi) is 5.51. The number of hydrogen-bond donors (Lipinski definition) is 1. The molecule has 106 valence electrons. The fourth-order valence-electron chi connectivity index (χ4n) is 1.55. The van der Waals surface area contributed by atoms with Crippen LogP contribution in [0.25, 0.3) is 0 Å². The zero-order valence-electron chi connectivity index (χ0n) is 10.5. The molecule has 1 fully saturated rings. The van der Waals surface area contributed by atoms with Crippen LogP contribution in [0.1, 0.15) is 13.8 Å². The molecule has 1 atom stereocenters. The van der Waals surface area contributed by atoms with Gasteiger partial charge in [-0.05, 0) is 13.8 Å². The van der Waals surface area contributed by atoms with Crippen LogP contribution in [0.15, 0.2) is 0 Å². The minimum absolute atomic E-state index is 0.0309. The van der Waals surface area contributed by atoms with E-state index in [1.165, 1.54) is 0 Å². The fourth-order valence-corrected chi connectivity index (χ4v) is 2.83. The van der Waals surface area contributed by atoms with E-state index in [4.69, 9.17) is 14.6 Å². The smallest absolute Gasteiger partial charge is 0.334 e. The van der Waals surface area contributed by atoms with Crippen LogP contribution in [-0.4, -0.2) is 68.1 Å². The normalized spacial score (nSPS) is 22.3. The van der Waals surface area contributed by atoms with E-state index >= 15 is 0 Å². The maximum Gasteiger partial charge on any atom is 0.334 e. The average Bonchev–Trinajstić information content (AvgIpc) is 2.28. The molecule has 18 heavy (non-hydrogen) atoms. The van der Waals surface area contributed by atoms with Crippen LogP contribution in [0.5, 0.6) is 0 Å². The van der Waals surface area contributed by atoms with Gasteiger partial charge in [-0.2, -0.15) is 4.31 Å². The third-order valence-corrected chi connectivity index (χ3v) is 4.29. The van der Waals surface area contributed by atoms with Crippen LogP contribution in [0.2, 0.25) is 0 Å². The van der Waals surface area contributed by atoms with E-state index in [-0.39, 0.29) is 38.2 Å². The van der Waals surface area contributed by atoms with Crippen molar-refractivity contribution >= 4 is 16.0 Å². The highest BCUT2D eigenvalue weighted by Gasteiger charge is 2.32. The monoisotopic (exact) mass is 281 g/mol. The van der Waals surface area contributed by atoms with Gasteiger partial charge in [0.15, 0.2) is 6.10 Å². The van der Waals surface area contributed by atoms with Crippen molar-refractivity contribution in [3.05, 3.63) is 0 Å². The maximum atomic E-state index is 11.9. The summed E-state index contributed by atoms with van der Waals surface area (Å²) in [6, 6.07) is 0. The van der Waals surface area contributed by atoms with Crippen molar-refractivity contribution in [3.63, 3.8) is 0 Å². The highest BCUT2D eigenvalue weighted by Crippen LogP contribution is 2.11. The number of hydrogen-bond acceptors (Lipinski definition) is 5. The van der Waals surface area contributed by atoms with Gasteiger partial charge in [0.1, 0.15) is 0 Å². The molecule has 1 heterocycles. The van der Waals surface area contributed by atoms with E-state index in [0.717, 1.165) is 4.31 Å². The van der Waals surface area contributed by atoms with Gasteiger partial charge in [-0.25, -0.2) is 13.2 Å². The van der Waals surface area contributed by atoms with Crippen molar-refractivity contribution in [3.8, 4) is 0 Å². The second-order valence-corrected chi connectivity index (χ2v) is 6.38. The van der Waals surface area contributed by atoms with Crippen LogP contribution in [0, 0.1) is 0 Å². The van der Waals surface area contributed by atoms with E-state index in [0.29, 0.717) is 0 Å². The molecule has 0 bridgehead atoms. The number of aliphatic carboxylic acids is 1. The van der Waals surface area contributed by atoms with Gasteiger partial charge in [0, 0.05) is 6.54 Å². The Morgan fingerprint density at radius 3 is 2.78 bits per heavy atom. The number of sulfonamides is 1. The number of carboxylic acids is 1. The fraction of sp³-hybridized carbons (Fsp3) is 0.900. The molecule has 8 heteroatoms. The number of rotatable bonds is 6. The molecule has 0 radical (unpaired) electrons. The van der Waals surface area contributed by atoms with Gasteiger partial charge in [0.25, 0.3) is 0 Å². The highest BCUT2D eigenvalue weighted by atomic mass is 32.2. The lowest BCUT2D eigenvalue weighted by atomic mass is 10.3. The summed E-state index contributed by atoms with van der Waals surface area (Å²) in [5.74, 6) is -1.29. The number of carbonyl (C=O) groups is 1. The molecule has 0 aromatic heterocycles. The van der Waals surface area contributed by atoms with E-state index in [2.05, 4.69) is 0 Å². The number of nitrogens with zero attached hydrogens (tertiary/aromatic N) is 1. The van der Waals surface area contributed by atoms with Gasteiger partial charge in [0.05, 0.1) is 31.6 Å². The lowest BCUT2D eigenvalue weighted by Crippen LogP contribution is -2.49. The molecule has 1 rings (SSSR count). The standard InChI is InChI=1S/C10H19NO6S/c1-8(2)16-5-6-18(14,15)11-3-4-17-9(7-11)10(12)13/h8-9H,3-7H2,1-2H3,(H,12,13). The molecule has 0 saturated carbocycles. The van der Waals surface area contributed by atoms with Crippen molar-refractivity contribution in [2.45, 2.75) is 26.1 Å². The van der Waals surface area contributed by atoms with Crippen LogP contribution < -0.4 is 0 Å². The second-order valence-electron chi connectivity index (χ2n) is 4.29. The molecule has 0 amide bonds. The lowest BCUT2D eigenvalue weighted by Gasteiger charge is -2.30. The summed E-state index contributed by atoms with van der Waals surface area (Å²) >= 11 is 0. The highest BCUT2D eigenvalue weighted by molar-refractivity contribution is 7.89. The van der Waals surface area contributed by atoms with E-state index in [1.54, 1.807) is 0 Å². The van der Waals surface area contributed by atoms with E-state index < -0.39 is 22.1 Å². The first-order chi connectivity index (χ1) is 8.33. The van der Waals surface area contributed by atoms with Crippen molar-refractivity contribution in [1.82, 2.24) is 4.31 Å². The van der Waals surface area contributed by atoms with Gasteiger partial charge in [-0.15, -0.1) is 0 Å². The molecule has 1 unspecified atom stereocenters. The average molecular weight is 281 g/mol. The van der Waals surface area contributed by atoms with Crippen LogP contribution >= 0.6 is 0 Å². The molecule has 1 aliphatic rings. The maximum absolute atomic E-state index is 11.9. The molecule has 7 nitrogen and oxygen atoms in total. The Labute approximate surface area is 107 Å². The first-order valence-electron chi connectivity index (χ1n) is 5.77. The quantitative estimate of drug-likeness (QED) is 0.707. The number of ether oxygens (including phenoxy) is 2. The minimum Gasteiger partial charge on any atom is -0.479 e. The Bertz CT molecular complexity index is 380. The van der Waals surface area contributed by atoms with Crippen molar-refractivity contribution in [2.75, 3.05) is 32.1 Å². The predicted octanol–water partition coefficient (Wildman–Crippen LogP) is -0.473.